The van der Waals surface area contributed by atoms with Gasteiger partial charge in [0.05, 0.1) is 10.7 Å². The second-order valence-electron chi connectivity index (χ2n) is 4.20. The number of hydrogen-bond donors (Lipinski definition) is 1. The number of alkyl halides is 6. The van der Waals surface area contributed by atoms with Crippen molar-refractivity contribution < 1.29 is 31.1 Å². The number of carbonyl (C=O) groups excluding carboxylic acids is 1. The average Bonchev–Trinajstić information content (AvgIpc) is 2.29. The molecule has 118 valence electrons. The van der Waals surface area contributed by atoms with Gasteiger partial charge in [-0.1, -0.05) is 23.2 Å². The number of anilines is 1. The van der Waals surface area contributed by atoms with E-state index in [9.17, 15) is 31.1 Å². The summed E-state index contributed by atoms with van der Waals surface area (Å²) in [4.78, 5) is 11.5. The molecule has 0 saturated heterocycles. The third kappa shape index (κ3) is 3.37. The number of halogens is 8. The Morgan fingerprint density at radius 3 is 1.95 bits per heavy atom. The second-order valence-corrected chi connectivity index (χ2v) is 5.04. The molecule has 1 N–H and O–H groups in total. The summed E-state index contributed by atoms with van der Waals surface area (Å²) < 4.78 is 76.2. The molecule has 0 aliphatic carbocycles. The van der Waals surface area contributed by atoms with Crippen LogP contribution in [0.1, 0.15) is 6.92 Å². The van der Waals surface area contributed by atoms with Crippen molar-refractivity contribution in [1.82, 2.24) is 0 Å². The summed E-state index contributed by atoms with van der Waals surface area (Å²) in [7, 11) is 0. The van der Waals surface area contributed by atoms with Crippen LogP contribution in [0.4, 0.5) is 32.0 Å². The molecule has 2 nitrogen and oxygen atoms in total. The number of hydrogen-bond acceptors (Lipinski definition) is 1. The highest BCUT2D eigenvalue weighted by atomic mass is 35.5. The largest absolute Gasteiger partial charge is 0.411 e. The third-order valence-electron chi connectivity index (χ3n) is 2.76. The summed E-state index contributed by atoms with van der Waals surface area (Å²) in [6, 6.07) is 3.32. The number of nitrogens with one attached hydrogen (secondary N) is 1. The normalized spacial score (nSPS) is 13.2. The van der Waals surface area contributed by atoms with Gasteiger partial charge in [0.15, 0.2) is 0 Å². The van der Waals surface area contributed by atoms with Gasteiger partial charge in [-0.15, -0.1) is 0 Å². The first kappa shape index (κ1) is 17.9. The standard InChI is InChI=1S/C11H7Cl2F6NO/c1-9(10(14,15)16,11(17,18)19)8(21)20-7-4-5(12)2-3-6(7)13/h2-4H,1H3,(H,20,21). The molecule has 0 saturated carbocycles. The Labute approximate surface area is 125 Å². The Hall–Kier alpha value is -1.15. The van der Waals surface area contributed by atoms with Crippen LogP contribution >= 0.6 is 23.2 Å². The highest BCUT2D eigenvalue weighted by molar-refractivity contribution is 6.35. The Morgan fingerprint density at radius 1 is 1.05 bits per heavy atom. The number of carbonyl (C=O) groups is 1. The van der Waals surface area contributed by atoms with Crippen molar-refractivity contribution in [3.63, 3.8) is 0 Å². The molecule has 0 atom stereocenters. The van der Waals surface area contributed by atoms with Crippen molar-refractivity contribution in [1.29, 1.82) is 0 Å². The van der Waals surface area contributed by atoms with Gasteiger partial charge in [-0.3, -0.25) is 4.79 Å². The molecule has 0 aliphatic heterocycles. The van der Waals surface area contributed by atoms with Gasteiger partial charge in [0, 0.05) is 5.02 Å². The summed E-state index contributed by atoms with van der Waals surface area (Å²) >= 11 is 11.1. The van der Waals surface area contributed by atoms with Gasteiger partial charge in [-0.05, 0) is 25.1 Å². The van der Waals surface area contributed by atoms with Gasteiger partial charge >= 0.3 is 12.4 Å². The Balaban J connectivity index is 3.24. The maximum Gasteiger partial charge on any atom is 0.411 e. The first-order chi connectivity index (χ1) is 9.30. The number of rotatable bonds is 2. The highest BCUT2D eigenvalue weighted by Crippen LogP contribution is 2.50. The predicted molar refractivity (Wildman–Crippen MR) is 65.3 cm³/mol. The lowest BCUT2D eigenvalue weighted by Gasteiger charge is -2.32. The average molecular weight is 354 g/mol. The fourth-order valence-corrected chi connectivity index (χ4v) is 1.60. The predicted octanol–water partition coefficient (Wildman–Crippen LogP) is 5.06. The van der Waals surface area contributed by atoms with E-state index in [2.05, 4.69) is 0 Å². The molecule has 0 unspecified atom stereocenters. The smallest absolute Gasteiger partial charge is 0.324 e. The molecular weight excluding hydrogens is 347 g/mol. The van der Waals surface area contributed by atoms with E-state index in [1.54, 1.807) is 0 Å². The molecule has 0 bridgehead atoms. The quantitative estimate of drug-likeness (QED) is 0.739. The summed E-state index contributed by atoms with van der Waals surface area (Å²) in [5, 5.41) is 1.24. The SMILES string of the molecule is CC(C(=O)Nc1cc(Cl)ccc1Cl)(C(F)(F)F)C(F)(F)F. The summed E-state index contributed by atoms with van der Waals surface area (Å²) in [6.07, 6.45) is -11.7. The first-order valence-electron chi connectivity index (χ1n) is 5.20. The fourth-order valence-electron chi connectivity index (χ4n) is 1.26. The molecule has 1 aromatic rings. The molecule has 1 aromatic carbocycles. The molecule has 0 spiro atoms. The molecule has 0 aliphatic rings. The zero-order chi connectivity index (χ0) is 16.6. The van der Waals surface area contributed by atoms with Crippen LogP contribution in [0.2, 0.25) is 10.0 Å². The maximum atomic E-state index is 12.7. The monoisotopic (exact) mass is 353 g/mol. The molecule has 21 heavy (non-hydrogen) atoms. The van der Waals surface area contributed by atoms with Gasteiger partial charge in [-0.2, -0.15) is 26.3 Å². The molecule has 1 rings (SSSR count). The van der Waals surface area contributed by atoms with Crippen LogP contribution in [0.5, 0.6) is 0 Å². The fraction of sp³-hybridized carbons (Fsp3) is 0.364. The van der Waals surface area contributed by atoms with Gasteiger partial charge in [-0.25, -0.2) is 0 Å². The zero-order valence-corrected chi connectivity index (χ0v) is 11.7. The van der Waals surface area contributed by atoms with Crippen LogP contribution in [0.3, 0.4) is 0 Å². The Morgan fingerprint density at radius 2 is 1.52 bits per heavy atom. The zero-order valence-electron chi connectivity index (χ0n) is 10.2. The van der Waals surface area contributed by atoms with Crippen LogP contribution in [-0.2, 0) is 4.79 Å². The van der Waals surface area contributed by atoms with E-state index in [0.29, 0.717) is 0 Å². The van der Waals surface area contributed by atoms with Crippen molar-refractivity contribution >= 4 is 34.8 Å². The first-order valence-corrected chi connectivity index (χ1v) is 5.96. The summed E-state index contributed by atoms with van der Waals surface area (Å²) in [5.74, 6) is -2.30. The third-order valence-corrected chi connectivity index (χ3v) is 3.33. The number of benzene rings is 1. The van der Waals surface area contributed by atoms with E-state index < -0.39 is 29.4 Å². The van der Waals surface area contributed by atoms with Crippen LogP contribution in [0.15, 0.2) is 18.2 Å². The van der Waals surface area contributed by atoms with Crippen LogP contribution < -0.4 is 5.32 Å². The summed E-state index contributed by atoms with van der Waals surface area (Å²) in [6.45, 7) is -0.249. The lowest BCUT2D eigenvalue weighted by molar-refractivity contribution is -0.317. The summed E-state index contributed by atoms with van der Waals surface area (Å²) in [5.41, 5.74) is -5.03. The molecule has 0 fully saturated rings. The topological polar surface area (TPSA) is 29.1 Å². The molecule has 0 aromatic heterocycles. The minimum Gasteiger partial charge on any atom is -0.324 e. The highest BCUT2D eigenvalue weighted by Gasteiger charge is 2.72. The van der Waals surface area contributed by atoms with Gasteiger partial charge in [0.1, 0.15) is 0 Å². The van der Waals surface area contributed by atoms with E-state index in [1.165, 1.54) is 11.4 Å². The molecular formula is C11H7Cl2F6NO. The van der Waals surface area contributed by atoms with Crippen molar-refractivity contribution in [3.05, 3.63) is 28.2 Å². The van der Waals surface area contributed by atoms with Gasteiger partial charge < -0.3 is 5.32 Å². The molecule has 0 heterocycles. The van der Waals surface area contributed by atoms with E-state index >= 15 is 0 Å². The molecule has 1 amide bonds. The number of amides is 1. The Kier molecular flexibility index (Phi) is 4.74. The van der Waals surface area contributed by atoms with E-state index in [-0.39, 0.29) is 17.0 Å². The van der Waals surface area contributed by atoms with E-state index in [1.807, 2.05) is 0 Å². The van der Waals surface area contributed by atoms with Crippen molar-refractivity contribution in [2.24, 2.45) is 5.41 Å². The van der Waals surface area contributed by atoms with Crippen LogP contribution in [-0.4, -0.2) is 18.3 Å². The lowest BCUT2D eigenvalue weighted by atomic mass is 9.87. The minimum atomic E-state index is -5.83. The van der Waals surface area contributed by atoms with Crippen molar-refractivity contribution in [3.8, 4) is 0 Å². The molecule has 0 radical (unpaired) electrons. The molecule has 10 heteroatoms. The minimum absolute atomic E-state index is 0.0181. The lowest BCUT2D eigenvalue weighted by Crippen LogP contribution is -2.55. The second kappa shape index (κ2) is 5.57. The van der Waals surface area contributed by atoms with Crippen LogP contribution in [0.25, 0.3) is 0 Å². The van der Waals surface area contributed by atoms with E-state index in [0.717, 1.165) is 12.1 Å². The van der Waals surface area contributed by atoms with Gasteiger partial charge in [0.2, 0.25) is 11.3 Å². The van der Waals surface area contributed by atoms with Crippen LogP contribution in [0, 0.1) is 5.41 Å². The maximum absolute atomic E-state index is 12.7. The Bertz CT molecular complexity index is 541. The van der Waals surface area contributed by atoms with E-state index in [4.69, 9.17) is 23.2 Å². The van der Waals surface area contributed by atoms with Crippen molar-refractivity contribution in [2.45, 2.75) is 19.3 Å². The van der Waals surface area contributed by atoms with Gasteiger partial charge in [0.25, 0.3) is 0 Å². The van der Waals surface area contributed by atoms with Crippen molar-refractivity contribution in [2.75, 3.05) is 5.32 Å².